The van der Waals surface area contributed by atoms with Gasteiger partial charge in [-0.05, 0) is 162 Å². The van der Waals surface area contributed by atoms with Gasteiger partial charge in [0.25, 0.3) is 0 Å². The number of hydrogen-bond acceptors (Lipinski definition) is 9. The van der Waals surface area contributed by atoms with Crippen LogP contribution in [-0.4, -0.2) is 43.6 Å². The number of nitrogens with zero attached hydrogens (tertiary/aromatic N) is 9. The minimum Gasteiger partial charge on any atom is -0.450 e. The molecule has 0 amide bonds. The smallest absolute Gasteiger partial charge is 0.248 e. The molecule has 0 aliphatic heterocycles. The number of furan rings is 2. The Hall–Kier alpha value is -16.5. The Bertz CT molecular complexity index is 8690. The van der Waals surface area contributed by atoms with Crippen LogP contribution in [0.4, 0.5) is 0 Å². The molecular formula is C112H67N9O2S. The summed E-state index contributed by atoms with van der Waals surface area (Å²) >= 11 is 1.70. The van der Waals surface area contributed by atoms with Crippen LogP contribution in [0, 0.1) is 0 Å². The summed E-state index contributed by atoms with van der Waals surface area (Å²) in [5.74, 6) is 3.01. The third kappa shape index (κ3) is 11.6. The second-order valence-electron chi connectivity index (χ2n) is 31.6. The van der Waals surface area contributed by atoms with E-state index in [0.717, 1.165) is 155 Å². The van der Waals surface area contributed by atoms with Crippen LogP contribution in [0.2, 0.25) is 0 Å². The average molecular weight is 1600 g/mol. The van der Waals surface area contributed by atoms with Crippen LogP contribution in [-0.2, 0) is 0 Å². The number of aromatic nitrogens is 9. The van der Waals surface area contributed by atoms with Crippen LogP contribution < -0.4 is 0 Å². The number of thiophene rings is 1. The number of rotatable bonds is 8. The van der Waals surface area contributed by atoms with E-state index in [1.165, 1.54) is 74.9 Å². The third-order valence-corrected chi connectivity index (χ3v) is 25.4. The molecule has 0 spiro atoms. The molecule has 0 atom stereocenters. The lowest BCUT2D eigenvalue weighted by Gasteiger charge is -2.14. The van der Waals surface area contributed by atoms with Crippen LogP contribution in [0.5, 0.6) is 0 Å². The zero-order valence-corrected chi connectivity index (χ0v) is 67.2. The molecule has 578 valence electrons. The predicted octanol–water partition coefficient (Wildman–Crippen LogP) is 29.8. The molecule has 0 unspecified atom stereocenters. The summed E-state index contributed by atoms with van der Waals surface area (Å²) in [6.45, 7) is 0. The molecule has 0 fully saturated rings. The van der Waals surface area contributed by atoms with Gasteiger partial charge in [0.15, 0.2) is 28.9 Å². The van der Waals surface area contributed by atoms with Crippen LogP contribution >= 0.6 is 11.3 Å². The maximum atomic E-state index is 6.53. The van der Waals surface area contributed by atoms with E-state index < -0.39 is 0 Å². The second kappa shape index (κ2) is 28.6. The fourth-order valence-electron chi connectivity index (χ4n) is 18.6. The van der Waals surface area contributed by atoms with Crippen molar-refractivity contribution in [3.8, 4) is 73.6 Å². The van der Waals surface area contributed by atoms with Gasteiger partial charge >= 0.3 is 0 Å². The van der Waals surface area contributed by atoms with Gasteiger partial charge in [-0.15, -0.1) is 11.3 Å². The van der Waals surface area contributed by atoms with E-state index in [-0.39, 0.29) is 0 Å². The zero-order valence-electron chi connectivity index (χ0n) is 66.4. The first-order chi connectivity index (χ1) is 61.5. The molecule has 9 heterocycles. The Labute approximate surface area is 712 Å². The standard InChI is InChI=1S/C38H23N3O.C38H23N3S.C36H21N3O/c2*1-2-11-24(12-3-1)25-15-10-16-28(21-25)35-37(40-38-36(39-35)30-18-7-9-20-34(30)42-38)41-32-19-8-6-17-29(32)31-22-26-13-4-5-14-27(26)23-33(31)41;1-2-12-24-21-31-29(20-23(24)11-1)26-15-5-7-18-30(26)39(31)36-34-33(28-16-6-8-19-32(28)40-34)37-35(38-36)27-17-9-13-22-10-3-4-14-25(22)27/h2*1-23H;1-21H. The molecule has 0 aliphatic carbocycles. The molecule has 124 heavy (non-hydrogen) atoms. The van der Waals surface area contributed by atoms with Crippen molar-refractivity contribution in [1.82, 2.24) is 43.6 Å². The van der Waals surface area contributed by atoms with Crippen LogP contribution in [0.15, 0.2) is 415 Å². The summed E-state index contributed by atoms with van der Waals surface area (Å²) in [7, 11) is 0. The van der Waals surface area contributed by atoms with E-state index in [4.69, 9.17) is 38.7 Å². The molecule has 0 aliphatic rings. The molecule has 0 saturated carbocycles. The van der Waals surface area contributed by atoms with E-state index >= 15 is 0 Å². The summed E-state index contributed by atoms with van der Waals surface area (Å²) in [4.78, 5) is 32.8. The summed E-state index contributed by atoms with van der Waals surface area (Å²) in [5, 5.41) is 19.7. The first-order valence-electron chi connectivity index (χ1n) is 41.6. The normalized spacial score (nSPS) is 11.9. The number of hydrogen-bond donors (Lipinski definition) is 0. The minimum absolute atomic E-state index is 0.529. The average Bonchev–Trinajstić information content (AvgIpc) is 1.59. The third-order valence-electron chi connectivity index (χ3n) is 24.4. The van der Waals surface area contributed by atoms with E-state index in [1.807, 2.05) is 48.5 Å². The van der Waals surface area contributed by atoms with E-state index in [9.17, 15) is 0 Å². The molecule has 0 radical (unpaired) electrons. The lowest BCUT2D eigenvalue weighted by molar-refractivity contribution is 0.652. The monoisotopic (exact) mass is 1600 g/mol. The van der Waals surface area contributed by atoms with E-state index in [1.54, 1.807) is 11.3 Å². The number of para-hydroxylation sites is 5. The second-order valence-corrected chi connectivity index (χ2v) is 32.6. The first kappa shape index (κ1) is 70.5. The quantitative estimate of drug-likeness (QED) is 0.148. The van der Waals surface area contributed by atoms with Gasteiger partial charge in [-0.25, -0.2) is 24.9 Å². The minimum atomic E-state index is 0.529. The summed E-state index contributed by atoms with van der Waals surface area (Å²) in [5.41, 5.74) is 21.2. The fraction of sp³-hybridized carbons (Fsp3) is 0. The Morgan fingerprint density at radius 1 is 0.218 bits per heavy atom. The Morgan fingerprint density at radius 2 is 0.597 bits per heavy atom. The lowest BCUT2D eigenvalue weighted by Crippen LogP contribution is -2.03. The molecule has 27 rings (SSSR count). The van der Waals surface area contributed by atoms with Crippen molar-refractivity contribution >= 4 is 185 Å². The van der Waals surface area contributed by atoms with Crippen molar-refractivity contribution in [2.45, 2.75) is 0 Å². The molecule has 12 heteroatoms. The van der Waals surface area contributed by atoms with E-state index in [2.05, 4.69) is 372 Å². The highest BCUT2D eigenvalue weighted by Crippen LogP contribution is 2.46. The molecule has 18 aromatic carbocycles. The van der Waals surface area contributed by atoms with Crippen LogP contribution in [0.3, 0.4) is 0 Å². The lowest BCUT2D eigenvalue weighted by atomic mass is 10.0. The van der Waals surface area contributed by atoms with E-state index in [0.29, 0.717) is 17.1 Å². The SMILES string of the molecule is c1ccc(-c2cccc(-c3nc4c(nc3-n3c5ccccc5c5cc6ccccc6cc53)oc3ccccc34)c2)cc1.c1ccc(-c2cccc(-c3nc4c(nc3-n3c5ccccc5c5cc6ccccc6cc53)sc3ccccc34)c2)cc1.c1ccc2cc3c(cc2c1)c1ccccc1n3-c1nc(-c2cccc3ccccc23)nc2c1oc1ccccc12. The van der Waals surface area contributed by atoms with Crippen molar-refractivity contribution in [2.75, 3.05) is 0 Å². The highest BCUT2D eigenvalue weighted by molar-refractivity contribution is 7.25. The fourth-order valence-corrected chi connectivity index (χ4v) is 19.6. The first-order valence-corrected chi connectivity index (χ1v) is 42.4. The molecular weight excluding hydrogens is 1540 g/mol. The zero-order chi connectivity index (χ0) is 81.5. The van der Waals surface area contributed by atoms with Crippen molar-refractivity contribution in [2.24, 2.45) is 0 Å². The topological polar surface area (TPSA) is 118 Å². The van der Waals surface area contributed by atoms with Gasteiger partial charge in [0, 0.05) is 69.9 Å². The van der Waals surface area contributed by atoms with Crippen LogP contribution in [0.1, 0.15) is 0 Å². The summed E-state index contributed by atoms with van der Waals surface area (Å²) < 4.78 is 20.8. The molecule has 9 aromatic heterocycles. The number of fused-ring (bicyclic) bond motifs is 22. The Kier molecular flexibility index (Phi) is 16.3. The van der Waals surface area contributed by atoms with Gasteiger partial charge in [0.1, 0.15) is 43.9 Å². The molecule has 0 N–H and O–H groups in total. The summed E-state index contributed by atoms with van der Waals surface area (Å²) in [6.07, 6.45) is 0. The van der Waals surface area contributed by atoms with Crippen molar-refractivity contribution in [1.29, 1.82) is 0 Å². The van der Waals surface area contributed by atoms with Crippen LogP contribution in [0.25, 0.3) is 247 Å². The predicted molar refractivity (Wildman–Crippen MR) is 514 cm³/mol. The Balaban J connectivity index is 0.000000102. The summed E-state index contributed by atoms with van der Waals surface area (Å²) in [6, 6.07) is 142. The number of benzene rings is 18. The maximum Gasteiger partial charge on any atom is 0.248 e. The van der Waals surface area contributed by atoms with Crippen molar-refractivity contribution < 1.29 is 8.83 Å². The highest BCUT2D eigenvalue weighted by atomic mass is 32.1. The maximum absolute atomic E-state index is 6.53. The largest absolute Gasteiger partial charge is 0.450 e. The van der Waals surface area contributed by atoms with Gasteiger partial charge in [0.2, 0.25) is 5.71 Å². The Morgan fingerprint density at radius 3 is 1.13 bits per heavy atom. The highest BCUT2D eigenvalue weighted by Gasteiger charge is 2.28. The van der Waals surface area contributed by atoms with Gasteiger partial charge in [-0.1, -0.05) is 309 Å². The van der Waals surface area contributed by atoms with Gasteiger partial charge in [0.05, 0.1) is 33.1 Å². The molecule has 0 saturated heterocycles. The van der Waals surface area contributed by atoms with Gasteiger partial charge in [-0.3, -0.25) is 13.7 Å². The van der Waals surface area contributed by atoms with Gasteiger partial charge < -0.3 is 8.83 Å². The van der Waals surface area contributed by atoms with Gasteiger partial charge in [-0.2, -0.15) is 4.98 Å². The van der Waals surface area contributed by atoms with Crippen molar-refractivity contribution in [3.63, 3.8) is 0 Å². The molecule has 27 aromatic rings. The molecule has 11 nitrogen and oxygen atoms in total. The molecule has 0 bridgehead atoms. The van der Waals surface area contributed by atoms with Crippen molar-refractivity contribution in [3.05, 3.63) is 406 Å².